The Balaban J connectivity index is 1.12. The molecule has 2 aromatic heterocycles. The Morgan fingerprint density at radius 1 is 0.500 bits per heavy atom. The molecule has 0 unspecified atom stereocenters. The van der Waals surface area contributed by atoms with E-state index in [0.717, 1.165) is 6.42 Å². The summed E-state index contributed by atoms with van der Waals surface area (Å²) in [6, 6.07) is 53.3. The molecule has 0 amide bonds. The molecular weight excluding hydrogens is 581 g/mol. The molecule has 2 aliphatic rings. The molecule has 2 heterocycles. The van der Waals surface area contributed by atoms with E-state index >= 15 is 0 Å². The Kier molecular flexibility index (Phi) is 5.72. The van der Waals surface area contributed by atoms with Crippen molar-refractivity contribution in [3.8, 4) is 22.5 Å². The van der Waals surface area contributed by atoms with Gasteiger partial charge in [-0.3, -0.25) is 0 Å². The van der Waals surface area contributed by atoms with Crippen LogP contribution in [0.2, 0.25) is 0 Å². The lowest BCUT2D eigenvalue weighted by Crippen LogP contribution is -2.26. The number of benzene rings is 6. The van der Waals surface area contributed by atoms with Crippen LogP contribution >= 0.6 is 0 Å². The minimum Gasteiger partial charge on any atom is -0.309 e. The quantitative estimate of drug-likeness (QED) is 0.187. The van der Waals surface area contributed by atoms with E-state index in [2.05, 4.69) is 181 Å². The topological polar surface area (TPSA) is 9.86 Å². The lowest BCUT2D eigenvalue weighted by Gasteiger charge is -2.36. The Labute approximate surface area is 280 Å². The molecule has 0 saturated carbocycles. The van der Waals surface area contributed by atoms with E-state index in [-0.39, 0.29) is 5.41 Å². The Morgan fingerprint density at radius 2 is 1.12 bits per heavy atom. The van der Waals surface area contributed by atoms with Crippen molar-refractivity contribution in [2.75, 3.05) is 0 Å². The highest BCUT2D eigenvalue weighted by atomic mass is 15.0. The molecule has 0 fully saturated rings. The van der Waals surface area contributed by atoms with Gasteiger partial charge in [0.15, 0.2) is 0 Å². The monoisotopic (exact) mass is 614 g/mol. The number of fused-ring (bicyclic) bond motifs is 10. The van der Waals surface area contributed by atoms with Gasteiger partial charge < -0.3 is 9.13 Å². The van der Waals surface area contributed by atoms with E-state index in [9.17, 15) is 0 Å². The summed E-state index contributed by atoms with van der Waals surface area (Å²) < 4.78 is 4.84. The summed E-state index contributed by atoms with van der Waals surface area (Å²) in [5.74, 6) is 0. The summed E-state index contributed by atoms with van der Waals surface area (Å²) >= 11 is 0. The number of hydrogen-bond donors (Lipinski definition) is 0. The van der Waals surface area contributed by atoms with E-state index < -0.39 is 0 Å². The van der Waals surface area contributed by atoms with Crippen LogP contribution in [-0.4, -0.2) is 9.13 Å². The van der Waals surface area contributed by atoms with E-state index in [0.29, 0.717) is 0 Å². The molecule has 0 aliphatic heterocycles. The molecule has 48 heavy (non-hydrogen) atoms. The molecule has 2 nitrogen and oxygen atoms in total. The molecular formula is C46H34N2. The summed E-state index contributed by atoms with van der Waals surface area (Å²) in [6.45, 7) is 4.77. The fourth-order valence-electron chi connectivity index (χ4n) is 8.37. The normalized spacial score (nSPS) is 14.8. The van der Waals surface area contributed by atoms with Crippen LogP contribution in [0.1, 0.15) is 42.7 Å². The van der Waals surface area contributed by atoms with Crippen LogP contribution in [0.3, 0.4) is 0 Å². The summed E-state index contributed by atoms with van der Waals surface area (Å²) in [4.78, 5) is 0. The second-order valence-corrected chi connectivity index (χ2v) is 13.8. The molecule has 0 saturated heterocycles. The highest BCUT2D eigenvalue weighted by Gasteiger charge is 2.36. The highest BCUT2D eigenvalue weighted by molar-refractivity contribution is 6.10. The van der Waals surface area contributed by atoms with Gasteiger partial charge in [0.2, 0.25) is 0 Å². The van der Waals surface area contributed by atoms with Crippen LogP contribution < -0.4 is 0 Å². The minimum absolute atomic E-state index is 0.0387. The molecule has 2 bridgehead atoms. The average molecular weight is 615 g/mol. The highest BCUT2D eigenvalue weighted by Crippen LogP contribution is 2.50. The SMILES string of the molecule is CC1(C)C2=Cc3c(c4ccccc4n3-c3ccc(-c4ccc5c(c4)c4ccccc4n5-c4ccccc4)cc3)C=C(C2)c2ccccc21. The summed E-state index contributed by atoms with van der Waals surface area (Å²) in [7, 11) is 0. The van der Waals surface area contributed by atoms with Crippen molar-refractivity contribution in [3.63, 3.8) is 0 Å². The minimum atomic E-state index is -0.0387. The van der Waals surface area contributed by atoms with Gasteiger partial charge in [-0.1, -0.05) is 116 Å². The molecule has 6 aromatic carbocycles. The van der Waals surface area contributed by atoms with Gasteiger partial charge in [0.25, 0.3) is 0 Å². The Bertz CT molecular complexity index is 2640. The van der Waals surface area contributed by atoms with Gasteiger partial charge in [-0.15, -0.1) is 0 Å². The third kappa shape index (κ3) is 3.86. The van der Waals surface area contributed by atoms with Gasteiger partial charge in [-0.05, 0) is 94.9 Å². The standard InChI is InChI=1S/C46H34N2/c1-46(2)33-26-32(36-14-6-9-17-41(36)46)28-40-38-16-8-11-19-43(38)48(45(40)29-33)35-23-20-30(21-24-35)31-22-25-44-39(27-31)37-15-7-10-18-42(37)47(44)34-12-4-3-5-13-34/h3-25,27-29H,26H2,1-2H3. The fraction of sp³-hybridized carbons (Fsp3) is 0.0870. The van der Waals surface area contributed by atoms with Crippen molar-refractivity contribution in [1.82, 2.24) is 9.13 Å². The first-order chi connectivity index (χ1) is 23.6. The first kappa shape index (κ1) is 27.3. The van der Waals surface area contributed by atoms with Crippen molar-refractivity contribution in [2.45, 2.75) is 25.7 Å². The number of hydrogen-bond acceptors (Lipinski definition) is 0. The predicted molar refractivity (Wildman–Crippen MR) is 203 cm³/mol. The van der Waals surface area contributed by atoms with Crippen LogP contribution in [0.4, 0.5) is 0 Å². The van der Waals surface area contributed by atoms with Crippen LogP contribution in [0.25, 0.3) is 72.9 Å². The average Bonchev–Trinajstić information content (AvgIpc) is 3.55. The fourth-order valence-corrected chi connectivity index (χ4v) is 8.37. The zero-order valence-corrected chi connectivity index (χ0v) is 27.1. The molecule has 0 atom stereocenters. The van der Waals surface area contributed by atoms with E-state index in [4.69, 9.17) is 0 Å². The summed E-state index contributed by atoms with van der Waals surface area (Å²) in [6.07, 6.45) is 5.93. The van der Waals surface area contributed by atoms with Crippen LogP contribution in [0.15, 0.2) is 151 Å². The van der Waals surface area contributed by atoms with Crippen molar-refractivity contribution in [2.24, 2.45) is 0 Å². The van der Waals surface area contributed by atoms with Gasteiger partial charge in [0.1, 0.15) is 0 Å². The van der Waals surface area contributed by atoms with Gasteiger partial charge >= 0.3 is 0 Å². The van der Waals surface area contributed by atoms with E-state index in [1.54, 1.807) is 0 Å². The van der Waals surface area contributed by atoms with Gasteiger partial charge in [-0.2, -0.15) is 0 Å². The van der Waals surface area contributed by atoms with Crippen molar-refractivity contribution < 1.29 is 0 Å². The lowest BCUT2D eigenvalue weighted by molar-refractivity contribution is 0.603. The van der Waals surface area contributed by atoms with Gasteiger partial charge in [-0.25, -0.2) is 0 Å². The largest absolute Gasteiger partial charge is 0.309 e. The molecule has 2 heteroatoms. The third-order valence-corrected chi connectivity index (χ3v) is 10.9. The van der Waals surface area contributed by atoms with E-state index in [1.807, 2.05) is 0 Å². The van der Waals surface area contributed by atoms with Crippen molar-refractivity contribution in [1.29, 1.82) is 0 Å². The van der Waals surface area contributed by atoms with Gasteiger partial charge in [0.05, 0.1) is 22.2 Å². The van der Waals surface area contributed by atoms with Crippen molar-refractivity contribution in [3.05, 3.63) is 174 Å². The Hall–Kier alpha value is -5.86. The van der Waals surface area contributed by atoms with E-state index in [1.165, 1.54) is 88.7 Å². The van der Waals surface area contributed by atoms with Crippen LogP contribution in [0.5, 0.6) is 0 Å². The number of rotatable bonds is 3. The molecule has 228 valence electrons. The van der Waals surface area contributed by atoms with Gasteiger partial charge in [0, 0.05) is 38.5 Å². The molecule has 0 spiro atoms. The number of para-hydroxylation sites is 3. The second-order valence-electron chi connectivity index (χ2n) is 13.8. The van der Waals surface area contributed by atoms with Crippen LogP contribution in [0, 0.1) is 0 Å². The first-order valence-corrected chi connectivity index (χ1v) is 16.9. The zero-order chi connectivity index (χ0) is 32.0. The molecule has 10 rings (SSSR count). The lowest BCUT2D eigenvalue weighted by atomic mass is 9.67. The maximum atomic E-state index is 2.49. The number of nitrogens with zero attached hydrogens (tertiary/aromatic N) is 2. The molecule has 0 radical (unpaired) electrons. The molecule has 8 aromatic rings. The summed E-state index contributed by atoms with van der Waals surface area (Å²) in [5, 5.41) is 3.84. The predicted octanol–water partition coefficient (Wildman–Crippen LogP) is 12.0. The molecule has 0 N–H and O–H groups in total. The number of allylic oxidation sites excluding steroid dienone is 2. The zero-order valence-electron chi connectivity index (χ0n) is 27.1. The number of aromatic nitrogens is 2. The summed E-state index contributed by atoms with van der Waals surface area (Å²) in [5.41, 5.74) is 16.7. The van der Waals surface area contributed by atoms with Crippen molar-refractivity contribution >= 4 is 50.4 Å². The maximum Gasteiger partial charge on any atom is 0.0541 e. The third-order valence-electron chi connectivity index (χ3n) is 10.9. The van der Waals surface area contributed by atoms with Crippen LogP contribution in [-0.2, 0) is 5.41 Å². The second kappa shape index (κ2) is 10.1. The molecule has 2 aliphatic carbocycles. The Morgan fingerprint density at radius 3 is 1.94 bits per heavy atom. The maximum absolute atomic E-state index is 2.49. The smallest absolute Gasteiger partial charge is 0.0541 e. The first-order valence-electron chi connectivity index (χ1n) is 16.9.